The topological polar surface area (TPSA) is 41.8 Å². The van der Waals surface area contributed by atoms with Crippen molar-refractivity contribution in [2.75, 3.05) is 6.61 Å². The van der Waals surface area contributed by atoms with Crippen molar-refractivity contribution < 1.29 is 9.94 Å². The van der Waals surface area contributed by atoms with Crippen LogP contribution in [0.4, 0.5) is 0 Å². The Labute approximate surface area is 55.3 Å². The van der Waals surface area contributed by atoms with Gasteiger partial charge in [0.1, 0.15) is 5.60 Å². The highest BCUT2D eigenvalue weighted by molar-refractivity contribution is 5.66. The Morgan fingerprint density at radius 2 is 2.22 bits per heavy atom. The summed E-state index contributed by atoms with van der Waals surface area (Å²) in [6.45, 7) is 6.18. The van der Waals surface area contributed by atoms with Gasteiger partial charge in [-0.3, -0.25) is 0 Å². The Bertz CT molecular complexity index is 99.2. The third kappa shape index (κ3) is 3.97. The minimum atomic E-state index is -0.441. The van der Waals surface area contributed by atoms with Crippen LogP contribution in [-0.4, -0.2) is 23.6 Å². The van der Waals surface area contributed by atoms with Crippen LogP contribution in [0.25, 0.3) is 0 Å². The van der Waals surface area contributed by atoms with Gasteiger partial charge in [0, 0.05) is 6.61 Å². The molecule has 3 heteroatoms. The van der Waals surface area contributed by atoms with Crippen LogP contribution in [0.5, 0.6) is 0 Å². The normalized spacial score (nSPS) is 12.8. The number of hydrogen-bond donors (Lipinski definition) is 1. The van der Waals surface area contributed by atoms with E-state index in [0.29, 0.717) is 6.61 Å². The van der Waals surface area contributed by atoms with Crippen molar-refractivity contribution in [3.8, 4) is 0 Å². The summed E-state index contributed by atoms with van der Waals surface area (Å²) in [5, 5.41) is 11.0. The van der Waals surface area contributed by atoms with Gasteiger partial charge in [0.25, 0.3) is 0 Å². The summed E-state index contributed by atoms with van der Waals surface area (Å²) < 4.78 is 5.16. The predicted molar refractivity (Wildman–Crippen MR) is 36.0 cm³/mol. The van der Waals surface area contributed by atoms with Crippen molar-refractivity contribution in [3.05, 3.63) is 0 Å². The Balaban J connectivity index is 3.70. The maximum Gasteiger partial charge on any atom is 0.101 e. The van der Waals surface area contributed by atoms with Crippen LogP contribution in [0, 0.1) is 0 Å². The lowest BCUT2D eigenvalue weighted by molar-refractivity contribution is 0.0458. The highest BCUT2D eigenvalue weighted by atomic mass is 16.5. The molecule has 0 rings (SSSR count). The van der Waals surface area contributed by atoms with E-state index in [1.54, 1.807) is 0 Å². The Hall–Kier alpha value is -0.570. The van der Waals surface area contributed by atoms with Gasteiger partial charge in [0.05, 0.1) is 6.21 Å². The summed E-state index contributed by atoms with van der Waals surface area (Å²) >= 11 is 0. The summed E-state index contributed by atoms with van der Waals surface area (Å²) in [7, 11) is 0. The molecule has 0 aliphatic rings. The molecule has 0 bridgehead atoms. The highest BCUT2D eigenvalue weighted by Crippen LogP contribution is 2.03. The Morgan fingerprint density at radius 3 is 2.56 bits per heavy atom. The highest BCUT2D eigenvalue weighted by Gasteiger charge is 2.13. The first-order chi connectivity index (χ1) is 4.12. The quantitative estimate of drug-likeness (QED) is 0.356. The van der Waals surface area contributed by atoms with Crippen LogP contribution >= 0.6 is 0 Å². The molecule has 9 heavy (non-hydrogen) atoms. The molecule has 1 N–H and O–H groups in total. The number of oxime groups is 1. The van der Waals surface area contributed by atoms with E-state index in [4.69, 9.17) is 9.94 Å². The largest absolute Gasteiger partial charge is 0.411 e. The standard InChI is InChI=1S/C6H13NO2/c1-4-9-6(2,3)5-7-8/h5,8H,4H2,1-3H3. The van der Waals surface area contributed by atoms with Gasteiger partial charge >= 0.3 is 0 Å². The molecule has 0 saturated heterocycles. The zero-order valence-electron chi connectivity index (χ0n) is 6.09. The van der Waals surface area contributed by atoms with E-state index < -0.39 is 5.60 Å². The van der Waals surface area contributed by atoms with Crippen molar-refractivity contribution >= 4 is 6.21 Å². The molecule has 0 aliphatic carbocycles. The molecule has 54 valence electrons. The molecule has 0 heterocycles. The van der Waals surface area contributed by atoms with Crippen molar-refractivity contribution in [2.24, 2.45) is 5.16 Å². The summed E-state index contributed by atoms with van der Waals surface area (Å²) in [6.07, 6.45) is 1.36. The average molecular weight is 131 g/mol. The van der Waals surface area contributed by atoms with Crippen LogP contribution in [0.3, 0.4) is 0 Å². The van der Waals surface area contributed by atoms with Crippen LogP contribution in [0.15, 0.2) is 5.16 Å². The maximum atomic E-state index is 8.12. The van der Waals surface area contributed by atoms with Gasteiger partial charge < -0.3 is 9.94 Å². The molecular weight excluding hydrogens is 118 g/mol. The van der Waals surface area contributed by atoms with E-state index in [1.165, 1.54) is 6.21 Å². The Kier molecular flexibility index (Phi) is 3.24. The second-order valence-corrected chi connectivity index (χ2v) is 2.28. The van der Waals surface area contributed by atoms with Gasteiger partial charge in [0.15, 0.2) is 0 Å². The SMILES string of the molecule is CCOC(C)(C)C=NO. The van der Waals surface area contributed by atoms with E-state index in [-0.39, 0.29) is 0 Å². The lowest BCUT2D eigenvalue weighted by Crippen LogP contribution is -2.25. The zero-order valence-corrected chi connectivity index (χ0v) is 6.09. The molecule has 0 aromatic rings. The zero-order chi connectivity index (χ0) is 7.33. The Morgan fingerprint density at radius 1 is 1.67 bits per heavy atom. The molecule has 0 amide bonds. The van der Waals surface area contributed by atoms with Gasteiger partial charge in [-0.15, -0.1) is 0 Å². The van der Waals surface area contributed by atoms with Crippen molar-refractivity contribution in [1.82, 2.24) is 0 Å². The second kappa shape index (κ2) is 3.45. The molecule has 0 saturated carbocycles. The third-order valence-electron chi connectivity index (χ3n) is 0.885. The summed E-state index contributed by atoms with van der Waals surface area (Å²) in [5.74, 6) is 0. The van der Waals surface area contributed by atoms with Gasteiger partial charge in [0.2, 0.25) is 0 Å². The molecule has 0 aromatic carbocycles. The first kappa shape index (κ1) is 8.43. The van der Waals surface area contributed by atoms with Crippen molar-refractivity contribution in [1.29, 1.82) is 0 Å². The first-order valence-electron chi connectivity index (χ1n) is 2.95. The fourth-order valence-electron chi connectivity index (χ4n) is 0.548. The minimum absolute atomic E-state index is 0.441. The minimum Gasteiger partial charge on any atom is -0.411 e. The van der Waals surface area contributed by atoms with E-state index in [1.807, 2.05) is 20.8 Å². The van der Waals surface area contributed by atoms with Gasteiger partial charge in [-0.2, -0.15) is 0 Å². The predicted octanol–water partition coefficient (Wildman–Crippen LogP) is 1.26. The number of rotatable bonds is 3. The lowest BCUT2D eigenvalue weighted by atomic mass is 10.2. The molecule has 0 spiro atoms. The van der Waals surface area contributed by atoms with Crippen LogP contribution in [0.2, 0.25) is 0 Å². The van der Waals surface area contributed by atoms with Crippen molar-refractivity contribution in [3.63, 3.8) is 0 Å². The average Bonchev–Trinajstić information content (AvgIpc) is 1.64. The number of nitrogens with zero attached hydrogens (tertiary/aromatic N) is 1. The first-order valence-corrected chi connectivity index (χ1v) is 2.95. The molecule has 0 atom stereocenters. The summed E-state index contributed by atoms with van der Waals surface area (Å²) in [5.41, 5.74) is -0.441. The molecular formula is C6H13NO2. The monoisotopic (exact) mass is 131 g/mol. The van der Waals surface area contributed by atoms with Crippen LogP contribution in [0.1, 0.15) is 20.8 Å². The number of hydrogen-bond acceptors (Lipinski definition) is 3. The van der Waals surface area contributed by atoms with E-state index in [2.05, 4.69) is 5.16 Å². The van der Waals surface area contributed by atoms with E-state index in [0.717, 1.165) is 0 Å². The molecule has 0 fully saturated rings. The molecule has 0 unspecified atom stereocenters. The van der Waals surface area contributed by atoms with Gasteiger partial charge in [-0.25, -0.2) is 0 Å². The molecule has 0 radical (unpaired) electrons. The summed E-state index contributed by atoms with van der Waals surface area (Å²) in [4.78, 5) is 0. The molecule has 3 nitrogen and oxygen atoms in total. The molecule has 0 aromatic heterocycles. The van der Waals surface area contributed by atoms with Gasteiger partial charge in [-0.05, 0) is 20.8 Å². The van der Waals surface area contributed by atoms with Gasteiger partial charge in [-0.1, -0.05) is 5.16 Å². The lowest BCUT2D eigenvalue weighted by Gasteiger charge is -2.17. The van der Waals surface area contributed by atoms with Crippen LogP contribution < -0.4 is 0 Å². The number of ether oxygens (including phenoxy) is 1. The fourth-order valence-corrected chi connectivity index (χ4v) is 0.548. The smallest absolute Gasteiger partial charge is 0.101 e. The van der Waals surface area contributed by atoms with Crippen LogP contribution in [-0.2, 0) is 4.74 Å². The van der Waals surface area contributed by atoms with E-state index >= 15 is 0 Å². The van der Waals surface area contributed by atoms with Crippen molar-refractivity contribution in [2.45, 2.75) is 26.4 Å². The summed E-state index contributed by atoms with van der Waals surface area (Å²) in [6, 6.07) is 0. The third-order valence-corrected chi connectivity index (χ3v) is 0.885. The maximum absolute atomic E-state index is 8.12. The fraction of sp³-hybridized carbons (Fsp3) is 0.833. The molecule has 0 aliphatic heterocycles. The second-order valence-electron chi connectivity index (χ2n) is 2.28. The van der Waals surface area contributed by atoms with E-state index in [9.17, 15) is 0 Å².